The zero-order valence-electron chi connectivity index (χ0n) is 14.2. The van der Waals surface area contributed by atoms with Gasteiger partial charge in [0.05, 0.1) is 10.6 Å². The highest BCUT2D eigenvalue weighted by Crippen LogP contribution is 2.39. The maximum atomic E-state index is 14.8. The van der Waals surface area contributed by atoms with Crippen molar-refractivity contribution in [2.45, 2.75) is 19.3 Å². The first kappa shape index (κ1) is 16.5. The number of halogens is 3. The molecule has 1 aromatic heterocycles. The van der Waals surface area contributed by atoms with Gasteiger partial charge in [-0.1, -0.05) is 41.9 Å². The molecule has 5 heteroatoms. The van der Waals surface area contributed by atoms with Crippen LogP contribution in [0, 0.1) is 11.6 Å². The molecule has 0 saturated heterocycles. The molecule has 0 N–H and O–H groups in total. The van der Waals surface area contributed by atoms with Gasteiger partial charge in [0.15, 0.2) is 11.4 Å². The highest BCUT2D eigenvalue weighted by molar-refractivity contribution is 6.36. The van der Waals surface area contributed by atoms with E-state index >= 15 is 0 Å². The monoisotopic (exact) mass is 381 g/mol. The number of hydrogen-bond donors (Lipinski definition) is 0. The molecule has 0 bridgehead atoms. The molecule has 1 aliphatic rings. The quantitative estimate of drug-likeness (QED) is 0.392. The third-order valence-electron chi connectivity index (χ3n) is 5.08. The number of hydrogen-bond acceptors (Lipinski definition) is 2. The third kappa shape index (κ3) is 2.55. The second kappa shape index (κ2) is 6.17. The Bertz CT molecular complexity index is 1200. The highest BCUT2D eigenvalue weighted by Gasteiger charge is 2.23. The van der Waals surface area contributed by atoms with Gasteiger partial charge in [0, 0.05) is 11.1 Å². The zero-order chi connectivity index (χ0) is 18.5. The number of fused-ring (bicyclic) bond motifs is 2. The van der Waals surface area contributed by atoms with Crippen LogP contribution < -0.4 is 0 Å². The topological polar surface area (TPSA) is 26.0 Å². The fraction of sp³-hybridized carbons (Fsp3) is 0.136. The number of aromatic nitrogens is 1. The van der Waals surface area contributed by atoms with Gasteiger partial charge in [-0.05, 0) is 48.6 Å². The first-order valence-corrected chi connectivity index (χ1v) is 9.16. The fourth-order valence-corrected chi connectivity index (χ4v) is 4.07. The van der Waals surface area contributed by atoms with Crippen LogP contribution >= 0.6 is 11.6 Å². The molecular weight excluding hydrogens is 368 g/mol. The summed E-state index contributed by atoms with van der Waals surface area (Å²) in [6.45, 7) is 0. The molecule has 0 aliphatic heterocycles. The molecule has 3 aromatic carbocycles. The van der Waals surface area contributed by atoms with Crippen molar-refractivity contribution in [1.29, 1.82) is 0 Å². The lowest BCUT2D eigenvalue weighted by molar-refractivity contribution is 0.557. The predicted octanol–water partition coefficient (Wildman–Crippen LogP) is 6.58. The summed E-state index contributed by atoms with van der Waals surface area (Å²) in [5.41, 5.74) is 3.78. The van der Waals surface area contributed by atoms with E-state index in [9.17, 15) is 8.78 Å². The lowest BCUT2D eigenvalue weighted by Crippen LogP contribution is -1.89. The molecule has 27 heavy (non-hydrogen) atoms. The predicted molar refractivity (Wildman–Crippen MR) is 102 cm³/mol. The van der Waals surface area contributed by atoms with Gasteiger partial charge in [-0.15, -0.1) is 0 Å². The lowest BCUT2D eigenvalue weighted by atomic mass is 10.0. The normalized spacial score (nSPS) is 13.3. The molecule has 0 fully saturated rings. The fourth-order valence-electron chi connectivity index (χ4n) is 3.77. The van der Waals surface area contributed by atoms with Crippen molar-refractivity contribution in [3.05, 3.63) is 76.3 Å². The molecule has 0 radical (unpaired) electrons. The van der Waals surface area contributed by atoms with Gasteiger partial charge in [-0.2, -0.15) is 0 Å². The van der Waals surface area contributed by atoms with Crippen LogP contribution in [0.5, 0.6) is 0 Å². The Labute approximate surface area is 159 Å². The maximum Gasteiger partial charge on any atom is 0.229 e. The molecule has 0 unspecified atom stereocenters. The summed E-state index contributed by atoms with van der Waals surface area (Å²) < 4.78 is 34.7. The third-order valence-corrected chi connectivity index (χ3v) is 5.49. The average molecular weight is 382 g/mol. The molecule has 1 aliphatic carbocycles. The maximum absolute atomic E-state index is 14.8. The summed E-state index contributed by atoms with van der Waals surface area (Å²) in [5.74, 6) is -0.465. The zero-order valence-corrected chi connectivity index (χ0v) is 15.0. The van der Waals surface area contributed by atoms with Crippen molar-refractivity contribution in [1.82, 2.24) is 4.98 Å². The Balaban J connectivity index is 1.69. The average Bonchev–Trinajstić information content (AvgIpc) is 3.30. The second-order valence-electron chi connectivity index (χ2n) is 6.70. The number of nitrogens with zero attached hydrogens (tertiary/aromatic N) is 1. The summed E-state index contributed by atoms with van der Waals surface area (Å²) in [5, 5.41) is 0.321. The van der Waals surface area contributed by atoms with Crippen molar-refractivity contribution in [3.63, 3.8) is 0 Å². The van der Waals surface area contributed by atoms with Crippen LogP contribution in [0.4, 0.5) is 8.78 Å². The molecule has 0 saturated carbocycles. The minimum atomic E-state index is -0.364. The lowest BCUT2D eigenvalue weighted by Gasteiger charge is -2.08. The molecule has 0 spiro atoms. The molecule has 0 amide bonds. The van der Waals surface area contributed by atoms with Crippen LogP contribution in [0.1, 0.15) is 17.5 Å². The van der Waals surface area contributed by atoms with Crippen LogP contribution in [-0.4, -0.2) is 4.98 Å². The molecule has 0 atom stereocenters. The Morgan fingerprint density at radius 3 is 2.56 bits per heavy atom. The van der Waals surface area contributed by atoms with E-state index in [2.05, 4.69) is 4.98 Å². The minimum Gasteiger partial charge on any atom is -0.433 e. The van der Waals surface area contributed by atoms with Gasteiger partial charge in [0.25, 0.3) is 0 Å². The second-order valence-corrected chi connectivity index (χ2v) is 7.07. The van der Waals surface area contributed by atoms with Crippen LogP contribution in [0.15, 0.2) is 52.9 Å². The van der Waals surface area contributed by atoms with Gasteiger partial charge < -0.3 is 4.42 Å². The highest BCUT2D eigenvalue weighted by atomic mass is 35.5. The van der Waals surface area contributed by atoms with Crippen LogP contribution in [0.2, 0.25) is 5.02 Å². The van der Waals surface area contributed by atoms with E-state index in [4.69, 9.17) is 16.0 Å². The van der Waals surface area contributed by atoms with Crippen LogP contribution in [-0.2, 0) is 12.8 Å². The number of rotatable bonds is 2. The number of benzene rings is 3. The summed E-state index contributed by atoms with van der Waals surface area (Å²) in [6, 6.07) is 13.5. The molecular formula is C22H14ClF2NO. The number of aryl methyl sites for hydroxylation is 1. The molecule has 2 nitrogen and oxygen atoms in total. The minimum absolute atomic E-state index is 0.151. The van der Waals surface area contributed by atoms with Gasteiger partial charge in [0.1, 0.15) is 11.3 Å². The Morgan fingerprint density at radius 2 is 1.70 bits per heavy atom. The van der Waals surface area contributed by atoms with E-state index < -0.39 is 0 Å². The first-order valence-electron chi connectivity index (χ1n) is 8.78. The Kier molecular flexibility index (Phi) is 3.76. The van der Waals surface area contributed by atoms with Crippen molar-refractivity contribution in [2.75, 3.05) is 0 Å². The molecule has 4 aromatic rings. The Morgan fingerprint density at radius 1 is 0.926 bits per heavy atom. The van der Waals surface area contributed by atoms with Gasteiger partial charge in [-0.3, -0.25) is 0 Å². The van der Waals surface area contributed by atoms with E-state index in [1.54, 1.807) is 36.4 Å². The van der Waals surface area contributed by atoms with Crippen molar-refractivity contribution in [3.8, 4) is 22.6 Å². The van der Waals surface area contributed by atoms with Crippen molar-refractivity contribution < 1.29 is 13.2 Å². The SMILES string of the molecule is Fc1ccccc1-c1cccc(-c2nc3cc4c(c(F)c3o2)CCC4)c1Cl. The Hall–Kier alpha value is -2.72. The summed E-state index contributed by atoms with van der Waals surface area (Å²) >= 11 is 6.56. The molecule has 134 valence electrons. The van der Waals surface area contributed by atoms with E-state index in [1.807, 2.05) is 6.07 Å². The largest absolute Gasteiger partial charge is 0.433 e. The molecule has 5 rings (SSSR count). The van der Waals surface area contributed by atoms with E-state index in [1.165, 1.54) is 6.07 Å². The van der Waals surface area contributed by atoms with E-state index in [0.29, 0.717) is 27.2 Å². The molecule has 1 heterocycles. The van der Waals surface area contributed by atoms with E-state index in [-0.39, 0.29) is 23.1 Å². The van der Waals surface area contributed by atoms with Gasteiger partial charge >= 0.3 is 0 Å². The van der Waals surface area contributed by atoms with Crippen LogP contribution in [0.25, 0.3) is 33.7 Å². The number of oxazole rings is 1. The van der Waals surface area contributed by atoms with Gasteiger partial charge in [-0.25, -0.2) is 13.8 Å². The standard InChI is InChI=1S/C22H14ClF2NO/c23-19-15(14-6-1-2-10-17(14)24)8-4-9-16(19)22-26-18-11-12-5-3-7-13(12)20(25)21(18)27-22/h1-2,4,6,8-11H,3,5,7H2. The summed E-state index contributed by atoms with van der Waals surface area (Å²) in [4.78, 5) is 4.45. The summed E-state index contributed by atoms with van der Waals surface area (Å²) in [7, 11) is 0. The van der Waals surface area contributed by atoms with Crippen molar-refractivity contribution >= 4 is 22.7 Å². The van der Waals surface area contributed by atoms with Gasteiger partial charge in [0.2, 0.25) is 5.89 Å². The summed E-state index contributed by atoms with van der Waals surface area (Å²) in [6.07, 6.45) is 2.52. The smallest absolute Gasteiger partial charge is 0.229 e. The van der Waals surface area contributed by atoms with E-state index in [0.717, 1.165) is 30.4 Å². The first-order chi connectivity index (χ1) is 13.1. The van der Waals surface area contributed by atoms with Crippen molar-refractivity contribution in [2.24, 2.45) is 0 Å². The van der Waals surface area contributed by atoms with Crippen LogP contribution in [0.3, 0.4) is 0 Å².